The van der Waals surface area contributed by atoms with Gasteiger partial charge in [0.05, 0.1) is 0 Å². The fraction of sp³-hybridized carbons (Fsp3) is 0.900. The van der Waals surface area contributed by atoms with Crippen LogP contribution in [-0.2, 0) is 28.0 Å². The first kappa shape index (κ1) is 39.7. The normalized spacial score (nSPS) is 17.2. The number of carbonyl (C=O) groups excluding carboxylic acids is 3. The molecule has 7 nitrogen and oxygen atoms in total. The Kier molecular flexibility index (Phi) is 14.3. The van der Waals surface area contributed by atoms with Crippen molar-refractivity contribution in [2.75, 3.05) is 73.9 Å². The van der Waals surface area contributed by atoms with Crippen LogP contribution in [0.3, 0.4) is 0 Å². The van der Waals surface area contributed by atoms with Gasteiger partial charge in [-0.05, 0) is 0 Å². The van der Waals surface area contributed by atoms with Gasteiger partial charge in [-0.15, -0.1) is 0 Å². The maximum absolute atomic E-state index is 14.0. The van der Waals surface area contributed by atoms with Crippen LogP contribution in [0.1, 0.15) is 95.9 Å². The third kappa shape index (κ3) is 7.59. The summed E-state index contributed by atoms with van der Waals surface area (Å²) in [6.07, 6.45) is 7.29. The molecule has 242 valence electrons. The molecule has 0 heterocycles. The van der Waals surface area contributed by atoms with Crippen molar-refractivity contribution in [1.82, 2.24) is 0 Å². The first-order valence-electron chi connectivity index (χ1n) is 15.9. The fourth-order valence-corrected chi connectivity index (χ4v) is 18.0. The van der Waals surface area contributed by atoms with Gasteiger partial charge < -0.3 is 0 Å². The molecule has 0 fully saturated rings. The molecule has 0 radical (unpaired) electrons. The summed E-state index contributed by atoms with van der Waals surface area (Å²) in [5.74, 6) is -2.18. The molecule has 1 N–H and O–H groups in total. The van der Waals surface area contributed by atoms with Gasteiger partial charge in [-0.2, -0.15) is 0 Å². The van der Waals surface area contributed by atoms with Crippen LogP contribution in [0.2, 0.25) is 0 Å². The Morgan fingerprint density at radius 2 is 0.650 bits per heavy atom. The van der Waals surface area contributed by atoms with Gasteiger partial charge >= 0.3 is 247 Å². The van der Waals surface area contributed by atoms with Crippen molar-refractivity contribution >= 4 is 38.4 Å². The minimum absolute atomic E-state index is 0.626. The second kappa shape index (κ2) is 14.4. The van der Waals surface area contributed by atoms with Crippen LogP contribution < -0.4 is 0 Å². The van der Waals surface area contributed by atoms with Gasteiger partial charge in [-0.3, -0.25) is 0 Å². The first-order chi connectivity index (χ1) is 18.5. The van der Waals surface area contributed by atoms with Crippen LogP contribution in [0.25, 0.3) is 0 Å². The molecule has 0 bridgehead atoms. The van der Waals surface area contributed by atoms with Gasteiger partial charge in [-0.25, -0.2) is 0 Å². The molecule has 0 aliphatic heterocycles. The molecule has 0 aliphatic rings. The van der Waals surface area contributed by atoms with E-state index in [0.29, 0.717) is 24.6 Å². The number of carbonyl (C=O) groups is 3. The van der Waals surface area contributed by atoms with Crippen molar-refractivity contribution in [3.05, 3.63) is 0 Å². The van der Waals surface area contributed by atoms with E-state index in [4.69, 9.17) is 13.6 Å². The van der Waals surface area contributed by atoms with Crippen molar-refractivity contribution in [2.45, 2.75) is 102 Å². The molecule has 0 saturated heterocycles. The van der Waals surface area contributed by atoms with Crippen LogP contribution in [0.5, 0.6) is 0 Å². The van der Waals surface area contributed by atoms with Crippen molar-refractivity contribution < 1.29 is 33.1 Å². The molecular formula is C30H65O7P3. The van der Waals surface area contributed by atoms with Crippen LogP contribution >= 0.6 is 20.5 Å². The topological polar surface area (TPSA) is 99.1 Å². The summed E-state index contributed by atoms with van der Waals surface area (Å²) in [4.78, 5) is 41.2. The monoisotopic (exact) mass is 630 g/mol. The second-order valence-electron chi connectivity index (χ2n) is 12.1. The maximum atomic E-state index is 14.0. The fourth-order valence-electron chi connectivity index (χ4n) is 6.44. The van der Waals surface area contributed by atoms with E-state index in [-0.39, 0.29) is 0 Å². The second-order valence-corrected chi connectivity index (χ2v) is 31.3. The molecular weight excluding hydrogens is 565 g/mol. The van der Waals surface area contributed by atoms with E-state index in [0.717, 1.165) is 49.3 Å². The minimum atomic E-state index is -2.98. The summed E-state index contributed by atoms with van der Waals surface area (Å²) in [6, 6.07) is 0. The predicted molar refractivity (Wildman–Crippen MR) is 180 cm³/mol. The summed E-state index contributed by atoms with van der Waals surface area (Å²) in [5.41, 5.74) is -2.36. The Balaban J connectivity index is 6.75. The van der Waals surface area contributed by atoms with E-state index in [9.17, 15) is 19.5 Å². The molecule has 40 heavy (non-hydrogen) atoms. The zero-order valence-electron chi connectivity index (χ0n) is 28.1. The summed E-state index contributed by atoms with van der Waals surface area (Å²) in [6.45, 7) is 15.8. The van der Waals surface area contributed by atoms with Crippen LogP contribution in [-0.4, -0.2) is 103 Å². The molecule has 10 heteroatoms. The average molecular weight is 631 g/mol. The van der Waals surface area contributed by atoms with Crippen LogP contribution in [0.4, 0.5) is 0 Å². The molecule has 0 amide bonds. The average Bonchev–Trinajstić information content (AvgIpc) is 2.98. The van der Waals surface area contributed by atoms with Gasteiger partial charge in [0.1, 0.15) is 0 Å². The first-order valence-corrected chi connectivity index (χ1v) is 24.6. The molecule has 0 unspecified atom stereocenters. The zero-order chi connectivity index (χ0) is 31.6. The summed E-state index contributed by atoms with van der Waals surface area (Å²) in [7, 11) is 0. The quantitative estimate of drug-likeness (QED) is 0.137. The third-order valence-corrected chi connectivity index (χ3v) is 33.2. The van der Waals surface area contributed by atoms with Crippen LogP contribution in [0, 0.1) is 0 Å². The SMILES string of the molecule is CCP(CC)(CC)(CC)OC(=O)CC(O)(CC(=O)OP(CC)(CC)(CC)CC)C(=O)OP(CC)(CC)(CC)CC. The third-order valence-electron chi connectivity index (χ3n) is 11.9. The Morgan fingerprint density at radius 1 is 0.450 bits per heavy atom. The van der Waals surface area contributed by atoms with Gasteiger partial charge in [0.15, 0.2) is 0 Å². The van der Waals surface area contributed by atoms with Gasteiger partial charge in [0.2, 0.25) is 0 Å². The standard InChI is InChI=1S/C30H65O7P3/c1-13-38(14-2,15-3,16-4)35-27(31)25-30(34,29(33)37-40(21-9,22-10,23-11)24-12)26-28(32)36-39(17-5,18-6,19-7)20-8/h34H,13-26H2,1-12H3. The zero-order valence-corrected chi connectivity index (χ0v) is 30.8. The molecule has 0 spiro atoms. The number of hydrogen-bond acceptors (Lipinski definition) is 7. The number of hydrogen-bond donors (Lipinski definition) is 1. The van der Waals surface area contributed by atoms with E-state index in [2.05, 4.69) is 0 Å². The van der Waals surface area contributed by atoms with Crippen LogP contribution in [0.15, 0.2) is 0 Å². The summed E-state index contributed by atoms with van der Waals surface area (Å²) < 4.78 is 19.0. The molecule has 0 aromatic rings. The number of aliphatic hydroxyl groups is 1. The van der Waals surface area contributed by atoms with E-state index < -0.39 is 56.8 Å². The Hall–Kier alpha value is -0.340. The van der Waals surface area contributed by atoms with Crippen molar-refractivity contribution in [2.24, 2.45) is 0 Å². The molecule has 0 aliphatic carbocycles. The van der Waals surface area contributed by atoms with Crippen molar-refractivity contribution in [1.29, 1.82) is 0 Å². The summed E-state index contributed by atoms with van der Waals surface area (Å²) in [5, 5.41) is 12.0. The Labute approximate surface area is 246 Å². The Bertz CT molecular complexity index is 760. The van der Waals surface area contributed by atoms with Gasteiger partial charge in [0.25, 0.3) is 0 Å². The van der Waals surface area contributed by atoms with Gasteiger partial charge in [0, 0.05) is 0 Å². The molecule has 0 rings (SSSR count). The van der Waals surface area contributed by atoms with Crippen molar-refractivity contribution in [3.63, 3.8) is 0 Å². The summed E-state index contributed by atoms with van der Waals surface area (Å²) >= 11 is 0. The van der Waals surface area contributed by atoms with E-state index >= 15 is 0 Å². The predicted octanol–water partition coefficient (Wildman–Crippen LogP) is 7.77. The van der Waals surface area contributed by atoms with E-state index in [1.165, 1.54) is 0 Å². The molecule has 0 atom stereocenters. The van der Waals surface area contributed by atoms with E-state index in [1.54, 1.807) is 0 Å². The molecule has 0 saturated carbocycles. The Morgan fingerprint density at radius 3 is 0.850 bits per heavy atom. The molecule has 0 aromatic carbocycles. The van der Waals surface area contributed by atoms with Crippen molar-refractivity contribution in [3.8, 4) is 0 Å². The van der Waals surface area contributed by atoms with Gasteiger partial charge in [-0.1, -0.05) is 0 Å². The number of rotatable bonds is 20. The van der Waals surface area contributed by atoms with E-state index in [1.807, 2.05) is 83.1 Å². The molecule has 0 aromatic heterocycles.